The molecular weight excluding hydrogens is 416 g/mol. The van der Waals surface area contributed by atoms with Crippen LogP contribution in [0.2, 0.25) is 5.02 Å². The number of rotatable bonds is 2. The van der Waals surface area contributed by atoms with Crippen LogP contribution in [0.4, 0.5) is 26.1 Å². The van der Waals surface area contributed by atoms with Gasteiger partial charge in [0, 0.05) is 45.2 Å². The fourth-order valence-corrected chi connectivity index (χ4v) is 4.57. The number of nitrogens with zero attached hydrogens (tertiary/aromatic N) is 6. The largest absolute Gasteiger partial charge is 0.334 e. The molecule has 0 amide bonds. The van der Waals surface area contributed by atoms with Crippen LogP contribution in [-0.4, -0.2) is 50.9 Å². The predicted octanol–water partition coefficient (Wildman–Crippen LogP) is 1.80. The maximum Gasteiger partial charge on any atom is 0.281 e. The Morgan fingerprint density at radius 3 is 2.77 bits per heavy atom. The number of aryl methyl sites for hydroxylation is 1. The lowest BCUT2D eigenvalue weighted by atomic mass is 10.2. The highest BCUT2D eigenvalue weighted by Gasteiger charge is 2.47. The quantitative estimate of drug-likeness (QED) is 0.660. The summed E-state index contributed by atoms with van der Waals surface area (Å²) in [6.45, 7) is -0.0953. The number of alkyl halides is 2. The molecule has 0 saturated carbocycles. The summed E-state index contributed by atoms with van der Waals surface area (Å²) in [6, 6.07) is 2.40. The number of benzene rings is 1. The molecule has 5 rings (SSSR count). The third kappa shape index (κ3) is 2.70. The van der Waals surface area contributed by atoms with Crippen molar-refractivity contribution in [3.8, 4) is 0 Å². The summed E-state index contributed by atoms with van der Waals surface area (Å²) in [7, 11) is 3.35. The Bertz CT molecular complexity index is 1240. The van der Waals surface area contributed by atoms with E-state index in [0.717, 1.165) is 10.9 Å². The van der Waals surface area contributed by atoms with E-state index in [1.54, 1.807) is 4.68 Å². The minimum atomic E-state index is -3.02. The van der Waals surface area contributed by atoms with Crippen LogP contribution < -0.4 is 21.1 Å². The Kier molecular flexibility index (Phi) is 4.10. The second kappa shape index (κ2) is 6.39. The number of nitrogens with two attached hydrogens (primary N) is 1. The molecule has 11 heteroatoms. The molecule has 0 radical (unpaired) electrons. The van der Waals surface area contributed by atoms with Crippen molar-refractivity contribution in [1.29, 1.82) is 0 Å². The van der Waals surface area contributed by atoms with Crippen molar-refractivity contribution in [2.45, 2.75) is 18.4 Å². The Balaban J connectivity index is 1.59. The summed E-state index contributed by atoms with van der Waals surface area (Å²) < 4.78 is 30.8. The zero-order valence-electron chi connectivity index (χ0n) is 16.4. The van der Waals surface area contributed by atoms with E-state index in [1.807, 2.05) is 30.3 Å². The second-order valence-electron chi connectivity index (χ2n) is 7.86. The summed E-state index contributed by atoms with van der Waals surface area (Å²) in [5.41, 5.74) is 7.70. The first-order valence-electron chi connectivity index (χ1n) is 9.55. The van der Waals surface area contributed by atoms with Crippen LogP contribution in [0.5, 0.6) is 0 Å². The van der Waals surface area contributed by atoms with Gasteiger partial charge in [0.05, 0.1) is 34.5 Å². The maximum atomic E-state index is 13.9. The number of anilines is 3. The molecule has 3 aromatic rings. The highest BCUT2D eigenvalue weighted by Crippen LogP contribution is 2.39. The third-order valence-corrected chi connectivity index (χ3v) is 6.21. The fraction of sp³-hybridized carbons (Fsp3) is 0.421. The third-order valence-electron chi connectivity index (χ3n) is 5.81. The van der Waals surface area contributed by atoms with Gasteiger partial charge < -0.3 is 15.5 Å². The lowest BCUT2D eigenvalue weighted by molar-refractivity contribution is 0.00956. The van der Waals surface area contributed by atoms with E-state index in [1.165, 1.54) is 16.5 Å². The van der Waals surface area contributed by atoms with Gasteiger partial charge in [0.2, 0.25) is 5.95 Å². The summed E-state index contributed by atoms with van der Waals surface area (Å²) in [5.74, 6) is -2.81. The molecule has 1 aromatic carbocycles. The molecule has 0 bridgehead atoms. The molecule has 2 aliphatic rings. The average Bonchev–Trinajstić information content (AvgIpc) is 3.34. The number of hydrogen-bond acceptors (Lipinski definition) is 6. The molecule has 30 heavy (non-hydrogen) atoms. The van der Waals surface area contributed by atoms with Gasteiger partial charge in [-0.3, -0.25) is 14.0 Å². The molecule has 2 aromatic heterocycles. The SMILES string of the molecule is Cn1cc2c(Cl)c(N3CCc4nc(N5CC(N)C(F)(F)C5)n(C)c(=O)c43)ccc2n1. The molecule has 1 unspecified atom stereocenters. The average molecular weight is 436 g/mol. The monoisotopic (exact) mass is 435 g/mol. The molecular formula is C19H20ClF2N7O. The molecule has 158 valence electrons. The Morgan fingerprint density at radius 1 is 1.30 bits per heavy atom. The number of halogens is 3. The van der Waals surface area contributed by atoms with Gasteiger partial charge in [-0.2, -0.15) is 5.10 Å². The zero-order chi connectivity index (χ0) is 21.4. The fourth-order valence-electron chi connectivity index (χ4n) is 4.26. The van der Waals surface area contributed by atoms with E-state index in [4.69, 9.17) is 17.3 Å². The smallest absolute Gasteiger partial charge is 0.281 e. The second-order valence-corrected chi connectivity index (χ2v) is 8.23. The zero-order valence-corrected chi connectivity index (χ0v) is 17.2. The van der Waals surface area contributed by atoms with E-state index in [-0.39, 0.29) is 18.1 Å². The Hall–Kier alpha value is -2.72. The van der Waals surface area contributed by atoms with Gasteiger partial charge in [-0.15, -0.1) is 0 Å². The van der Waals surface area contributed by atoms with Crippen LogP contribution in [0.15, 0.2) is 23.1 Å². The van der Waals surface area contributed by atoms with Gasteiger partial charge in [-0.1, -0.05) is 11.6 Å². The van der Waals surface area contributed by atoms with Crippen LogP contribution in [0.3, 0.4) is 0 Å². The van der Waals surface area contributed by atoms with Gasteiger partial charge in [-0.05, 0) is 12.1 Å². The normalized spacial score (nSPS) is 20.4. The van der Waals surface area contributed by atoms with E-state index in [9.17, 15) is 13.6 Å². The number of hydrogen-bond donors (Lipinski definition) is 1. The van der Waals surface area contributed by atoms with Crippen LogP contribution >= 0.6 is 11.6 Å². The van der Waals surface area contributed by atoms with E-state index in [0.29, 0.717) is 35.1 Å². The topological polar surface area (TPSA) is 85.2 Å². The first-order chi connectivity index (χ1) is 14.2. The molecule has 2 aliphatic heterocycles. The van der Waals surface area contributed by atoms with Crippen molar-refractivity contribution in [3.05, 3.63) is 39.4 Å². The van der Waals surface area contributed by atoms with Crippen molar-refractivity contribution < 1.29 is 8.78 Å². The minimum Gasteiger partial charge on any atom is -0.334 e. The van der Waals surface area contributed by atoms with Crippen molar-refractivity contribution in [2.75, 3.05) is 29.4 Å². The Labute approximate surface area is 175 Å². The molecule has 2 N–H and O–H groups in total. The maximum absolute atomic E-state index is 13.9. The molecule has 8 nitrogen and oxygen atoms in total. The molecule has 4 heterocycles. The van der Waals surface area contributed by atoms with Crippen molar-refractivity contribution in [3.63, 3.8) is 0 Å². The van der Waals surface area contributed by atoms with E-state index < -0.39 is 18.5 Å². The lowest BCUT2D eigenvalue weighted by Crippen LogP contribution is -2.38. The van der Waals surface area contributed by atoms with Crippen molar-refractivity contribution >= 4 is 39.8 Å². The predicted molar refractivity (Wildman–Crippen MR) is 111 cm³/mol. The standard InChI is InChI=1S/C19H20ClF2N7O/c1-26-7-10-11(25-26)3-4-13(15(10)20)29-6-5-12-16(29)17(30)27(2)18(24-12)28-8-14(23)19(21,22)9-28/h3-4,7,14H,5-6,8-9,23H2,1-2H3. The summed E-state index contributed by atoms with van der Waals surface area (Å²) in [5, 5.41) is 5.65. The first kappa shape index (κ1) is 19.3. The van der Waals surface area contributed by atoms with Gasteiger partial charge >= 0.3 is 0 Å². The van der Waals surface area contributed by atoms with Crippen LogP contribution in [0.25, 0.3) is 10.9 Å². The van der Waals surface area contributed by atoms with Gasteiger partial charge in [0.1, 0.15) is 5.69 Å². The van der Waals surface area contributed by atoms with Crippen LogP contribution in [0, 0.1) is 0 Å². The van der Waals surface area contributed by atoms with Crippen LogP contribution in [0.1, 0.15) is 5.69 Å². The summed E-state index contributed by atoms with van der Waals surface area (Å²) in [6.07, 6.45) is 2.34. The molecule has 1 atom stereocenters. The first-order valence-corrected chi connectivity index (χ1v) is 9.93. The van der Waals surface area contributed by atoms with Gasteiger partial charge in [0.15, 0.2) is 0 Å². The van der Waals surface area contributed by atoms with Crippen molar-refractivity contribution in [1.82, 2.24) is 19.3 Å². The summed E-state index contributed by atoms with van der Waals surface area (Å²) in [4.78, 5) is 21.0. The van der Waals surface area contributed by atoms with Gasteiger partial charge in [-0.25, -0.2) is 13.8 Å². The highest BCUT2D eigenvalue weighted by atomic mass is 35.5. The molecule has 0 spiro atoms. The van der Waals surface area contributed by atoms with E-state index in [2.05, 4.69) is 10.1 Å². The molecule has 1 fully saturated rings. The summed E-state index contributed by atoms with van der Waals surface area (Å²) >= 11 is 6.65. The highest BCUT2D eigenvalue weighted by molar-refractivity contribution is 6.38. The van der Waals surface area contributed by atoms with Crippen molar-refractivity contribution in [2.24, 2.45) is 19.8 Å². The number of fused-ring (bicyclic) bond motifs is 2. The molecule has 0 aliphatic carbocycles. The lowest BCUT2D eigenvalue weighted by Gasteiger charge is -2.23. The van der Waals surface area contributed by atoms with Crippen LogP contribution in [-0.2, 0) is 20.5 Å². The van der Waals surface area contributed by atoms with Gasteiger partial charge in [0.25, 0.3) is 11.5 Å². The molecule has 1 saturated heterocycles. The Morgan fingerprint density at radius 2 is 2.07 bits per heavy atom. The number of aromatic nitrogens is 4. The van der Waals surface area contributed by atoms with E-state index >= 15 is 0 Å². The minimum absolute atomic E-state index is 0.0563.